The van der Waals surface area contributed by atoms with E-state index in [0.29, 0.717) is 17.5 Å². The number of hydrogen-bond donors (Lipinski definition) is 0. The standard InChI is InChI=1S/C45H28N4O/c1-3-12-29(13-4-1)30-22-24-31(25-23-30)43-46-44(32-26-27-41-37(28-32)34-16-8-10-21-40(34)50-41)48-45(47-43)36-18-11-20-39-42(36)35-17-7-9-19-38(35)49(39)33-14-5-2-6-15-33/h1-28H. The van der Waals surface area contributed by atoms with Gasteiger partial charge in [0.1, 0.15) is 11.2 Å². The molecule has 0 unspecified atom stereocenters. The molecule has 234 valence electrons. The Hall–Kier alpha value is -6.85. The van der Waals surface area contributed by atoms with Gasteiger partial charge in [-0.15, -0.1) is 0 Å². The fourth-order valence-corrected chi connectivity index (χ4v) is 7.12. The van der Waals surface area contributed by atoms with Crippen LogP contribution in [-0.2, 0) is 0 Å². The molecule has 5 heteroatoms. The minimum atomic E-state index is 0.605. The van der Waals surface area contributed by atoms with Crippen molar-refractivity contribution in [2.75, 3.05) is 0 Å². The normalized spacial score (nSPS) is 11.6. The minimum Gasteiger partial charge on any atom is -0.456 e. The topological polar surface area (TPSA) is 56.7 Å². The highest BCUT2D eigenvalue weighted by Crippen LogP contribution is 2.39. The molecule has 0 N–H and O–H groups in total. The maximum absolute atomic E-state index is 6.15. The van der Waals surface area contributed by atoms with Crippen molar-refractivity contribution < 1.29 is 4.42 Å². The van der Waals surface area contributed by atoms with Crippen LogP contribution in [0.3, 0.4) is 0 Å². The molecule has 7 aromatic carbocycles. The Kier molecular flexibility index (Phi) is 6.42. The van der Waals surface area contributed by atoms with Crippen molar-refractivity contribution in [1.82, 2.24) is 19.5 Å². The lowest BCUT2D eigenvalue weighted by Gasteiger charge is -2.11. The van der Waals surface area contributed by atoms with Crippen molar-refractivity contribution in [1.29, 1.82) is 0 Å². The zero-order valence-electron chi connectivity index (χ0n) is 26.9. The molecule has 0 bridgehead atoms. The van der Waals surface area contributed by atoms with Crippen LogP contribution in [-0.4, -0.2) is 19.5 Å². The van der Waals surface area contributed by atoms with Crippen LogP contribution in [0.25, 0.3) is 94.7 Å². The summed E-state index contributed by atoms with van der Waals surface area (Å²) in [5.74, 6) is 1.84. The second-order valence-electron chi connectivity index (χ2n) is 12.4. The Morgan fingerprint density at radius 1 is 0.380 bits per heavy atom. The van der Waals surface area contributed by atoms with Crippen molar-refractivity contribution in [3.63, 3.8) is 0 Å². The van der Waals surface area contributed by atoms with Gasteiger partial charge in [-0.1, -0.05) is 121 Å². The molecule has 50 heavy (non-hydrogen) atoms. The molecule has 0 aliphatic heterocycles. The Labute approximate surface area is 287 Å². The predicted octanol–water partition coefficient (Wildman–Crippen LogP) is 11.5. The number of rotatable bonds is 5. The first-order valence-electron chi connectivity index (χ1n) is 16.7. The monoisotopic (exact) mass is 640 g/mol. The van der Waals surface area contributed by atoms with Crippen LogP contribution in [0.15, 0.2) is 174 Å². The first kappa shape index (κ1) is 28.2. The Bertz CT molecular complexity index is 2850. The van der Waals surface area contributed by atoms with Gasteiger partial charge < -0.3 is 8.98 Å². The van der Waals surface area contributed by atoms with E-state index >= 15 is 0 Å². The van der Waals surface area contributed by atoms with Gasteiger partial charge in [0.15, 0.2) is 17.5 Å². The third kappa shape index (κ3) is 4.60. The van der Waals surface area contributed by atoms with Gasteiger partial charge in [0.2, 0.25) is 0 Å². The predicted molar refractivity (Wildman–Crippen MR) is 203 cm³/mol. The molecule has 3 heterocycles. The van der Waals surface area contributed by atoms with Gasteiger partial charge in [-0.25, -0.2) is 15.0 Å². The van der Waals surface area contributed by atoms with E-state index in [1.165, 1.54) is 0 Å². The smallest absolute Gasteiger partial charge is 0.164 e. The van der Waals surface area contributed by atoms with E-state index in [4.69, 9.17) is 19.4 Å². The van der Waals surface area contributed by atoms with E-state index < -0.39 is 0 Å². The number of hydrogen-bond acceptors (Lipinski definition) is 4. The van der Waals surface area contributed by atoms with Crippen molar-refractivity contribution in [3.05, 3.63) is 170 Å². The Morgan fingerprint density at radius 2 is 0.960 bits per heavy atom. The van der Waals surface area contributed by atoms with Crippen molar-refractivity contribution in [3.8, 4) is 51.0 Å². The Balaban J connectivity index is 1.21. The number of nitrogens with zero attached hydrogens (tertiary/aromatic N) is 4. The van der Waals surface area contributed by atoms with E-state index in [9.17, 15) is 0 Å². The lowest BCUT2D eigenvalue weighted by molar-refractivity contribution is 0.669. The fourth-order valence-electron chi connectivity index (χ4n) is 7.12. The summed E-state index contributed by atoms with van der Waals surface area (Å²) in [4.78, 5) is 15.5. The van der Waals surface area contributed by atoms with Gasteiger partial charge in [-0.05, 0) is 59.7 Å². The summed E-state index contributed by atoms with van der Waals surface area (Å²) in [5, 5.41) is 4.34. The molecular weight excluding hydrogens is 613 g/mol. The van der Waals surface area contributed by atoms with Gasteiger partial charge >= 0.3 is 0 Å². The zero-order valence-corrected chi connectivity index (χ0v) is 26.9. The number of aromatic nitrogens is 4. The van der Waals surface area contributed by atoms with Crippen LogP contribution >= 0.6 is 0 Å². The molecule has 5 nitrogen and oxygen atoms in total. The summed E-state index contributed by atoms with van der Waals surface area (Å²) in [6.45, 7) is 0. The fraction of sp³-hybridized carbons (Fsp3) is 0. The van der Waals surface area contributed by atoms with E-state index in [-0.39, 0.29) is 0 Å². The van der Waals surface area contributed by atoms with Gasteiger partial charge in [0.05, 0.1) is 11.0 Å². The third-order valence-corrected chi connectivity index (χ3v) is 9.47. The summed E-state index contributed by atoms with van der Waals surface area (Å²) < 4.78 is 8.47. The Morgan fingerprint density at radius 3 is 1.78 bits per heavy atom. The maximum Gasteiger partial charge on any atom is 0.164 e. The molecule has 0 saturated heterocycles. The van der Waals surface area contributed by atoms with Gasteiger partial charge in [-0.3, -0.25) is 0 Å². The summed E-state index contributed by atoms with van der Waals surface area (Å²) in [5.41, 5.74) is 10.1. The highest BCUT2D eigenvalue weighted by molar-refractivity contribution is 6.15. The van der Waals surface area contributed by atoms with Crippen LogP contribution in [0.5, 0.6) is 0 Å². The van der Waals surface area contributed by atoms with Crippen molar-refractivity contribution in [2.24, 2.45) is 0 Å². The second-order valence-corrected chi connectivity index (χ2v) is 12.4. The van der Waals surface area contributed by atoms with Crippen molar-refractivity contribution in [2.45, 2.75) is 0 Å². The highest BCUT2D eigenvalue weighted by atomic mass is 16.3. The quantitative estimate of drug-likeness (QED) is 0.188. The van der Waals surface area contributed by atoms with Gasteiger partial charge in [-0.2, -0.15) is 0 Å². The molecule has 0 amide bonds. The van der Waals surface area contributed by atoms with E-state index in [1.807, 2.05) is 42.5 Å². The van der Waals surface area contributed by atoms with Crippen molar-refractivity contribution >= 4 is 43.7 Å². The molecule has 0 saturated carbocycles. The summed E-state index contributed by atoms with van der Waals surface area (Å²) >= 11 is 0. The summed E-state index contributed by atoms with van der Waals surface area (Å²) in [6.07, 6.45) is 0. The minimum absolute atomic E-state index is 0.605. The molecule has 3 aromatic heterocycles. The largest absolute Gasteiger partial charge is 0.456 e. The lowest BCUT2D eigenvalue weighted by atomic mass is 10.0. The average Bonchev–Trinajstić information content (AvgIpc) is 3.74. The van der Waals surface area contributed by atoms with Gasteiger partial charge in [0.25, 0.3) is 0 Å². The second kappa shape index (κ2) is 11.4. The molecule has 0 aliphatic rings. The number of furan rings is 1. The lowest BCUT2D eigenvalue weighted by Crippen LogP contribution is -2.00. The first-order valence-corrected chi connectivity index (χ1v) is 16.7. The maximum atomic E-state index is 6.15. The molecule has 10 aromatic rings. The molecule has 0 radical (unpaired) electrons. The van der Waals surface area contributed by atoms with E-state index in [2.05, 4.69) is 132 Å². The molecule has 0 atom stereocenters. The molecule has 10 rings (SSSR count). The van der Waals surface area contributed by atoms with E-state index in [1.54, 1.807) is 0 Å². The SMILES string of the molecule is c1ccc(-c2ccc(-c3nc(-c4ccc5oc6ccccc6c5c4)nc(-c4cccc5c4c4ccccc4n5-c4ccccc4)n3)cc2)cc1. The number of para-hydroxylation sites is 3. The van der Waals surface area contributed by atoms with Gasteiger partial charge in [0, 0.05) is 43.9 Å². The molecular formula is C45H28N4O. The van der Waals surface area contributed by atoms with Crippen LogP contribution in [0.2, 0.25) is 0 Å². The highest BCUT2D eigenvalue weighted by Gasteiger charge is 2.20. The average molecular weight is 641 g/mol. The van der Waals surface area contributed by atoms with Crippen LogP contribution in [0, 0.1) is 0 Å². The molecule has 0 spiro atoms. The van der Waals surface area contributed by atoms with Crippen LogP contribution in [0.4, 0.5) is 0 Å². The van der Waals surface area contributed by atoms with Crippen LogP contribution < -0.4 is 0 Å². The third-order valence-electron chi connectivity index (χ3n) is 9.47. The zero-order chi connectivity index (χ0) is 33.0. The molecule has 0 aliphatic carbocycles. The molecule has 0 fully saturated rings. The number of fused-ring (bicyclic) bond motifs is 6. The summed E-state index contributed by atoms with van der Waals surface area (Å²) in [7, 11) is 0. The summed E-state index contributed by atoms with van der Waals surface area (Å²) in [6, 6.07) is 58.6. The van der Waals surface area contributed by atoms with Crippen LogP contribution in [0.1, 0.15) is 0 Å². The van der Waals surface area contributed by atoms with E-state index in [0.717, 1.165) is 77.2 Å². The number of benzene rings is 7. The first-order chi connectivity index (χ1) is 24.8.